The summed E-state index contributed by atoms with van der Waals surface area (Å²) in [5.41, 5.74) is 1.27. The third-order valence-corrected chi connectivity index (χ3v) is 2.50. The summed E-state index contributed by atoms with van der Waals surface area (Å²) in [6, 6.07) is 8.23. The van der Waals surface area contributed by atoms with Gasteiger partial charge in [0.2, 0.25) is 0 Å². The van der Waals surface area contributed by atoms with Crippen molar-refractivity contribution in [1.82, 2.24) is 0 Å². The van der Waals surface area contributed by atoms with Gasteiger partial charge in [0.15, 0.2) is 0 Å². The van der Waals surface area contributed by atoms with E-state index in [1.165, 1.54) is 5.69 Å². The Balaban J connectivity index is 2.12. The van der Waals surface area contributed by atoms with Gasteiger partial charge in [-0.15, -0.1) is 0 Å². The molecule has 0 spiro atoms. The minimum Gasteiger partial charge on any atom is -0.497 e. The lowest BCUT2D eigenvalue weighted by atomic mass is 10.2. The molecule has 1 aliphatic rings. The van der Waals surface area contributed by atoms with E-state index in [1.54, 1.807) is 7.11 Å². The normalized spacial score (nSPS) is 15.6. The van der Waals surface area contributed by atoms with Gasteiger partial charge in [0.05, 0.1) is 7.11 Å². The summed E-state index contributed by atoms with van der Waals surface area (Å²) in [4.78, 5) is 2.36. The first-order chi connectivity index (χ1) is 6.90. The third kappa shape index (κ3) is 1.90. The van der Waals surface area contributed by atoms with E-state index in [2.05, 4.69) is 29.2 Å². The van der Waals surface area contributed by atoms with Gasteiger partial charge in [0.1, 0.15) is 5.75 Å². The number of methoxy groups -OCH3 is 1. The topological polar surface area (TPSA) is 12.5 Å². The van der Waals surface area contributed by atoms with E-state index in [0.717, 1.165) is 25.3 Å². The van der Waals surface area contributed by atoms with Gasteiger partial charge in [-0.25, -0.2) is 0 Å². The Kier molecular flexibility index (Phi) is 2.73. The van der Waals surface area contributed by atoms with Crippen molar-refractivity contribution in [2.75, 3.05) is 25.1 Å². The molecule has 1 heterocycles. The van der Waals surface area contributed by atoms with Gasteiger partial charge in [-0.2, -0.15) is 0 Å². The zero-order valence-corrected chi connectivity index (χ0v) is 8.44. The first kappa shape index (κ1) is 9.13. The van der Waals surface area contributed by atoms with Crippen LogP contribution < -0.4 is 9.64 Å². The second-order valence-corrected chi connectivity index (χ2v) is 3.40. The smallest absolute Gasteiger partial charge is 0.119 e. The summed E-state index contributed by atoms with van der Waals surface area (Å²) in [5.74, 6) is 0.918. The van der Waals surface area contributed by atoms with Crippen LogP contribution >= 0.6 is 0 Å². The largest absolute Gasteiger partial charge is 0.497 e. The fraction of sp³-hybridized carbons (Fsp3) is 0.333. The number of hydrogen-bond acceptors (Lipinski definition) is 2. The van der Waals surface area contributed by atoms with E-state index in [0.29, 0.717) is 0 Å². The van der Waals surface area contributed by atoms with Crippen LogP contribution in [0.25, 0.3) is 0 Å². The van der Waals surface area contributed by atoms with Crippen molar-refractivity contribution in [3.63, 3.8) is 0 Å². The lowest BCUT2D eigenvalue weighted by molar-refractivity contribution is 0.415. The third-order valence-electron chi connectivity index (χ3n) is 2.50. The number of hydrogen-bond donors (Lipinski definition) is 0. The Morgan fingerprint density at radius 1 is 1.14 bits per heavy atom. The lowest BCUT2D eigenvalue weighted by Crippen LogP contribution is -2.26. The van der Waals surface area contributed by atoms with E-state index in [1.807, 2.05) is 12.1 Å². The zero-order chi connectivity index (χ0) is 9.80. The highest BCUT2D eigenvalue weighted by molar-refractivity contribution is 5.50. The average Bonchev–Trinajstić information content (AvgIpc) is 2.30. The molecule has 1 aromatic rings. The molecule has 0 atom stereocenters. The van der Waals surface area contributed by atoms with Gasteiger partial charge in [-0.3, -0.25) is 0 Å². The van der Waals surface area contributed by atoms with Crippen LogP contribution in [0.1, 0.15) is 6.42 Å². The van der Waals surface area contributed by atoms with E-state index in [-0.39, 0.29) is 0 Å². The molecule has 2 nitrogen and oxygen atoms in total. The van der Waals surface area contributed by atoms with Crippen molar-refractivity contribution in [3.8, 4) is 5.75 Å². The molecule has 74 valence electrons. The summed E-state index contributed by atoms with van der Waals surface area (Å²) in [6.07, 6.45) is 5.60. The Labute approximate surface area is 84.8 Å². The summed E-state index contributed by atoms with van der Waals surface area (Å²) < 4.78 is 5.12. The fourth-order valence-corrected chi connectivity index (χ4v) is 1.67. The highest BCUT2D eigenvalue weighted by Gasteiger charge is 2.06. The molecule has 0 saturated carbocycles. The Bertz CT molecular complexity index is 316. The van der Waals surface area contributed by atoms with Gasteiger partial charge in [0, 0.05) is 18.8 Å². The van der Waals surface area contributed by atoms with E-state index in [4.69, 9.17) is 4.74 Å². The van der Waals surface area contributed by atoms with Gasteiger partial charge in [-0.05, 0) is 30.7 Å². The number of rotatable bonds is 2. The molecular formula is C12H15NO. The molecule has 1 aliphatic heterocycles. The van der Waals surface area contributed by atoms with Crippen molar-refractivity contribution in [2.24, 2.45) is 0 Å². The molecule has 0 bridgehead atoms. The minimum absolute atomic E-state index is 0.918. The first-order valence-electron chi connectivity index (χ1n) is 4.94. The second kappa shape index (κ2) is 4.18. The Morgan fingerprint density at radius 3 is 2.50 bits per heavy atom. The summed E-state index contributed by atoms with van der Waals surface area (Å²) in [7, 11) is 1.69. The van der Waals surface area contributed by atoms with Crippen LogP contribution in [0.2, 0.25) is 0 Å². The number of ether oxygens (including phenoxy) is 1. The quantitative estimate of drug-likeness (QED) is 0.663. The Morgan fingerprint density at radius 2 is 1.93 bits per heavy atom. The summed E-state index contributed by atoms with van der Waals surface area (Å²) in [5, 5.41) is 0. The van der Waals surface area contributed by atoms with Crippen molar-refractivity contribution < 1.29 is 4.74 Å². The Hall–Kier alpha value is -1.44. The predicted octanol–water partition coefficient (Wildman–Crippen LogP) is 2.46. The van der Waals surface area contributed by atoms with Crippen LogP contribution in [0.5, 0.6) is 5.75 Å². The van der Waals surface area contributed by atoms with E-state index < -0.39 is 0 Å². The van der Waals surface area contributed by atoms with Crippen molar-refractivity contribution in [3.05, 3.63) is 36.4 Å². The first-order valence-corrected chi connectivity index (χ1v) is 4.94. The maximum absolute atomic E-state index is 5.12. The zero-order valence-electron chi connectivity index (χ0n) is 8.44. The highest BCUT2D eigenvalue weighted by Crippen LogP contribution is 2.20. The molecule has 0 saturated heterocycles. The molecule has 0 N–H and O–H groups in total. The molecular weight excluding hydrogens is 174 g/mol. The predicted molar refractivity (Wildman–Crippen MR) is 59.0 cm³/mol. The molecule has 2 heteroatoms. The van der Waals surface area contributed by atoms with Crippen LogP contribution in [-0.2, 0) is 0 Å². The van der Waals surface area contributed by atoms with Crippen LogP contribution in [-0.4, -0.2) is 20.2 Å². The van der Waals surface area contributed by atoms with Crippen molar-refractivity contribution in [1.29, 1.82) is 0 Å². The number of anilines is 1. The second-order valence-electron chi connectivity index (χ2n) is 3.40. The van der Waals surface area contributed by atoms with E-state index in [9.17, 15) is 0 Å². The molecule has 0 amide bonds. The lowest BCUT2D eigenvalue weighted by Gasteiger charge is -2.25. The molecule has 1 aromatic carbocycles. The number of benzene rings is 1. The molecule has 0 fully saturated rings. The molecule has 0 aliphatic carbocycles. The van der Waals surface area contributed by atoms with Gasteiger partial charge >= 0.3 is 0 Å². The van der Waals surface area contributed by atoms with Crippen LogP contribution in [0.15, 0.2) is 36.4 Å². The molecule has 2 rings (SSSR count). The number of nitrogens with zero attached hydrogens (tertiary/aromatic N) is 1. The SMILES string of the molecule is COc1ccc(N2CC=CCC2)cc1. The average molecular weight is 189 g/mol. The van der Waals surface area contributed by atoms with E-state index >= 15 is 0 Å². The maximum atomic E-state index is 5.12. The van der Waals surface area contributed by atoms with Crippen molar-refractivity contribution in [2.45, 2.75) is 6.42 Å². The molecule has 14 heavy (non-hydrogen) atoms. The van der Waals surface area contributed by atoms with Gasteiger partial charge < -0.3 is 9.64 Å². The fourth-order valence-electron chi connectivity index (χ4n) is 1.67. The summed E-state index contributed by atoms with van der Waals surface area (Å²) >= 11 is 0. The summed E-state index contributed by atoms with van der Waals surface area (Å²) in [6.45, 7) is 2.13. The molecule has 0 aromatic heterocycles. The van der Waals surface area contributed by atoms with Crippen molar-refractivity contribution >= 4 is 5.69 Å². The van der Waals surface area contributed by atoms with Gasteiger partial charge in [0.25, 0.3) is 0 Å². The van der Waals surface area contributed by atoms with Crippen LogP contribution in [0.3, 0.4) is 0 Å². The highest BCUT2D eigenvalue weighted by atomic mass is 16.5. The monoisotopic (exact) mass is 189 g/mol. The van der Waals surface area contributed by atoms with Gasteiger partial charge in [-0.1, -0.05) is 12.2 Å². The molecule has 0 radical (unpaired) electrons. The molecule has 0 unspecified atom stereocenters. The minimum atomic E-state index is 0.918. The van der Waals surface area contributed by atoms with Crippen LogP contribution in [0, 0.1) is 0 Å². The van der Waals surface area contributed by atoms with Crippen LogP contribution in [0.4, 0.5) is 5.69 Å². The standard InChI is InChI=1S/C12H15NO/c1-14-12-7-5-11(6-8-12)13-9-3-2-4-10-13/h2-3,5-8H,4,9-10H2,1H3. The maximum Gasteiger partial charge on any atom is 0.119 e.